The van der Waals surface area contributed by atoms with Crippen molar-refractivity contribution in [2.24, 2.45) is 9.36 Å². The zero-order valence-electron chi connectivity index (χ0n) is 17.7. The first-order valence-corrected chi connectivity index (χ1v) is 10.6. The number of guanidine groups is 1. The van der Waals surface area contributed by atoms with E-state index >= 15 is 0 Å². The van der Waals surface area contributed by atoms with Crippen molar-refractivity contribution in [3.05, 3.63) is 23.6 Å². The summed E-state index contributed by atoms with van der Waals surface area (Å²) in [5, 5.41) is 2.26. The zero-order chi connectivity index (χ0) is 23.4. The van der Waals surface area contributed by atoms with Crippen molar-refractivity contribution in [1.82, 2.24) is 14.6 Å². The summed E-state index contributed by atoms with van der Waals surface area (Å²) in [5.74, 6) is -1.74. The number of halogens is 3. The molecule has 2 rings (SSSR count). The second kappa shape index (κ2) is 9.71. The van der Waals surface area contributed by atoms with Crippen LogP contribution in [0.15, 0.2) is 21.5 Å². The van der Waals surface area contributed by atoms with E-state index in [0.717, 1.165) is 23.4 Å². The average molecular weight is 464 g/mol. The van der Waals surface area contributed by atoms with Gasteiger partial charge in [0, 0.05) is 13.1 Å². The normalized spacial score (nSPS) is 18.2. The first-order chi connectivity index (χ1) is 14.3. The fourth-order valence-electron chi connectivity index (χ4n) is 2.62. The Bertz CT molecular complexity index is 931. The second-order valence-corrected chi connectivity index (χ2v) is 9.13. The fourth-order valence-corrected chi connectivity index (χ4v) is 3.56. The number of rotatable bonds is 3. The minimum Gasteiger partial charge on any atom is -0.444 e. The molecule has 13 heteroatoms. The van der Waals surface area contributed by atoms with E-state index < -0.39 is 51.9 Å². The highest BCUT2D eigenvalue weighted by atomic mass is 32.2. The molecular weight excluding hydrogens is 437 g/mol. The van der Waals surface area contributed by atoms with E-state index in [1.807, 2.05) is 0 Å². The molecule has 1 atom stereocenters. The van der Waals surface area contributed by atoms with Crippen molar-refractivity contribution in [1.29, 1.82) is 0 Å². The smallest absolute Gasteiger partial charge is 0.414 e. The highest BCUT2D eigenvalue weighted by Crippen LogP contribution is 2.34. The van der Waals surface area contributed by atoms with Gasteiger partial charge in [-0.25, -0.2) is 27.9 Å². The van der Waals surface area contributed by atoms with Crippen LogP contribution < -0.4 is 11.1 Å². The number of nitrogens with zero attached hydrogens (tertiary/aromatic N) is 4. The molecular formula is C18H26F3N6O3S-. The van der Waals surface area contributed by atoms with Crippen LogP contribution in [0.25, 0.3) is 0 Å². The molecule has 0 aliphatic carbocycles. The van der Waals surface area contributed by atoms with E-state index in [2.05, 4.69) is 19.7 Å². The number of aliphatic imine (C=N–C) groups is 1. The van der Waals surface area contributed by atoms with Gasteiger partial charge in [-0.15, -0.1) is 0 Å². The topological polar surface area (TPSA) is 122 Å². The molecule has 2 heterocycles. The third-order valence-electron chi connectivity index (χ3n) is 4.12. The average Bonchev–Trinajstić information content (AvgIpc) is 2.85. The van der Waals surface area contributed by atoms with Gasteiger partial charge in [-0.05, 0) is 52.7 Å². The predicted octanol–water partition coefficient (Wildman–Crippen LogP) is 3.32. The lowest BCUT2D eigenvalue weighted by Gasteiger charge is -2.33. The Kier molecular flexibility index (Phi) is 7.73. The van der Waals surface area contributed by atoms with Crippen molar-refractivity contribution >= 4 is 28.7 Å². The molecule has 0 fully saturated rings. The van der Waals surface area contributed by atoms with E-state index in [1.54, 1.807) is 20.8 Å². The lowest BCUT2D eigenvalue weighted by molar-refractivity contribution is 0.0531. The maximum absolute atomic E-state index is 14.4. The first kappa shape index (κ1) is 24.7. The number of nitrogens with one attached hydrogen (secondary N) is 1. The van der Waals surface area contributed by atoms with Crippen molar-refractivity contribution in [2.45, 2.75) is 58.1 Å². The number of alkyl halides is 2. The Labute approximate surface area is 180 Å². The van der Waals surface area contributed by atoms with E-state index in [9.17, 15) is 22.2 Å². The van der Waals surface area contributed by atoms with Gasteiger partial charge in [-0.3, -0.25) is 5.32 Å². The minimum atomic E-state index is -3.25. The number of hydrogen-bond acceptors (Lipinski definition) is 8. The summed E-state index contributed by atoms with van der Waals surface area (Å²) in [5.41, 5.74) is 1.38. The molecule has 0 unspecified atom stereocenters. The number of aromatic nitrogens is 1. The number of alkyl carbamates (subject to hydrolysis) is 1. The summed E-state index contributed by atoms with van der Waals surface area (Å²) in [6.45, 7) is 6.17. The van der Waals surface area contributed by atoms with Gasteiger partial charge in [-0.1, -0.05) is 10.8 Å². The van der Waals surface area contributed by atoms with E-state index in [1.165, 1.54) is 0 Å². The molecule has 1 amide bonds. The van der Waals surface area contributed by atoms with Crippen molar-refractivity contribution in [3.8, 4) is 0 Å². The number of carbonyl (C=O) groups excluding carboxylic acids is 1. The van der Waals surface area contributed by atoms with Crippen LogP contribution in [-0.2, 0) is 25.3 Å². The molecule has 1 aliphatic rings. The SMILES string of the molecule is CC(C)(C)OC(=O)NC(=N[C@@](C)(c1nc(N)ccc1F)C(F)F)N1CCCCN=[S-]1=O. The molecule has 1 aliphatic heterocycles. The van der Waals surface area contributed by atoms with Crippen molar-refractivity contribution in [2.75, 3.05) is 18.8 Å². The van der Waals surface area contributed by atoms with Crippen LogP contribution in [-0.4, -0.2) is 46.5 Å². The van der Waals surface area contributed by atoms with Gasteiger partial charge >= 0.3 is 6.09 Å². The summed E-state index contributed by atoms with van der Waals surface area (Å²) >= 11 is 0. The molecule has 3 N–H and O–H groups in total. The molecule has 1 aromatic rings. The maximum atomic E-state index is 14.4. The lowest BCUT2D eigenvalue weighted by Crippen LogP contribution is -2.47. The number of pyridine rings is 1. The molecule has 0 saturated heterocycles. The largest absolute Gasteiger partial charge is 0.444 e. The van der Waals surface area contributed by atoms with Crippen molar-refractivity contribution < 1.29 is 26.9 Å². The molecule has 0 bridgehead atoms. The molecule has 0 aromatic carbocycles. The minimum absolute atomic E-state index is 0.108. The Morgan fingerprint density at radius 2 is 2.00 bits per heavy atom. The summed E-state index contributed by atoms with van der Waals surface area (Å²) in [7, 11) is -2.01. The van der Waals surface area contributed by atoms with Crippen LogP contribution in [0.1, 0.15) is 46.2 Å². The Morgan fingerprint density at radius 3 is 2.61 bits per heavy atom. The standard InChI is InChI=1S/C18H26F3N6O3S/c1-17(2,3)30-16(28)25-15(27-10-6-5-9-23-31(27)29)26-18(4,14(20)21)13-11(19)7-8-12(22)24-13/h7-8,14H,5-6,9-10H2,1-4H3,(H2,22,24)(H,25,26,28)/q-1/t18-/m0/s1. The van der Waals surface area contributed by atoms with Gasteiger partial charge in [0.15, 0.2) is 11.5 Å². The maximum Gasteiger partial charge on any atom is 0.414 e. The van der Waals surface area contributed by atoms with Gasteiger partial charge in [0.25, 0.3) is 6.43 Å². The van der Waals surface area contributed by atoms with E-state index in [0.29, 0.717) is 19.4 Å². The first-order valence-electron chi connectivity index (χ1n) is 9.51. The summed E-state index contributed by atoms with van der Waals surface area (Å²) in [6.07, 6.45) is -3.13. The number of carbonyl (C=O) groups is 1. The number of amides is 1. The van der Waals surface area contributed by atoms with Crippen LogP contribution in [0, 0.1) is 5.82 Å². The van der Waals surface area contributed by atoms with Crippen LogP contribution >= 0.6 is 0 Å². The van der Waals surface area contributed by atoms with Gasteiger partial charge in [0.2, 0.25) is 0 Å². The molecule has 0 radical (unpaired) electrons. The third kappa shape index (κ3) is 6.45. The number of hydrogen-bond donors (Lipinski definition) is 2. The molecule has 0 saturated carbocycles. The van der Waals surface area contributed by atoms with Gasteiger partial charge in [0.05, 0.1) is 0 Å². The predicted molar refractivity (Wildman–Crippen MR) is 110 cm³/mol. The monoisotopic (exact) mass is 463 g/mol. The molecule has 31 heavy (non-hydrogen) atoms. The van der Waals surface area contributed by atoms with Crippen molar-refractivity contribution in [3.63, 3.8) is 0 Å². The Morgan fingerprint density at radius 1 is 1.32 bits per heavy atom. The van der Waals surface area contributed by atoms with Gasteiger partial charge in [0.1, 0.15) is 22.9 Å². The second-order valence-electron chi connectivity index (χ2n) is 7.97. The molecule has 1 aromatic heterocycles. The number of anilines is 1. The molecule has 9 nitrogen and oxygen atoms in total. The summed E-state index contributed by atoms with van der Waals surface area (Å²) < 4.78 is 65.4. The van der Waals surface area contributed by atoms with E-state index in [-0.39, 0.29) is 12.4 Å². The highest BCUT2D eigenvalue weighted by Gasteiger charge is 2.42. The number of nitrogens with two attached hydrogens (primary N) is 1. The number of ether oxygens (including phenoxy) is 1. The van der Waals surface area contributed by atoms with Crippen LogP contribution in [0.2, 0.25) is 0 Å². The highest BCUT2D eigenvalue weighted by molar-refractivity contribution is 7.73. The van der Waals surface area contributed by atoms with Crippen LogP contribution in [0.3, 0.4) is 0 Å². The zero-order valence-corrected chi connectivity index (χ0v) is 18.5. The fraction of sp³-hybridized carbons (Fsp3) is 0.611. The van der Waals surface area contributed by atoms with E-state index in [4.69, 9.17) is 10.5 Å². The third-order valence-corrected chi connectivity index (χ3v) is 5.25. The Hall–Kier alpha value is -2.57. The van der Waals surface area contributed by atoms with Gasteiger partial charge in [-0.2, -0.15) is 0 Å². The molecule has 0 spiro atoms. The van der Waals surface area contributed by atoms with Crippen LogP contribution in [0.5, 0.6) is 0 Å². The summed E-state index contributed by atoms with van der Waals surface area (Å²) in [4.78, 5) is 20.0. The number of nitrogen functional groups attached to an aromatic ring is 1. The molecule has 174 valence electrons. The summed E-state index contributed by atoms with van der Waals surface area (Å²) in [6, 6.07) is 2.02. The Balaban J connectivity index is 2.61. The van der Waals surface area contributed by atoms with Crippen LogP contribution in [0.4, 0.5) is 23.8 Å². The van der Waals surface area contributed by atoms with Gasteiger partial charge < -0.3 is 23.3 Å². The quantitative estimate of drug-likeness (QED) is 0.405. The lowest BCUT2D eigenvalue weighted by atomic mass is 9.98.